The predicted octanol–water partition coefficient (Wildman–Crippen LogP) is 8.39. The Morgan fingerprint density at radius 3 is 1.42 bits per heavy atom. The van der Waals surface area contributed by atoms with Crippen molar-refractivity contribution in [2.45, 2.75) is 32.6 Å². The average Bonchev–Trinajstić information content (AvgIpc) is 2.85. The smallest absolute Gasteiger partial charge is 0.164 e. The van der Waals surface area contributed by atoms with E-state index in [0.717, 1.165) is 37.9 Å². The number of anilines is 1. The van der Waals surface area contributed by atoms with Gasteiger partial charge in [0.15, 0.2) is 17.5 Å². The first-order valence-electron chi connectivity index (χ1n) is 11.2. The predicted molar refractivity (Wildman–Crippen MR) is 144 cm³/mol. The summed E-state index contributed by atoms with van der Waals surface area (Å²) in [5.41, 5.74) is 3.98. The lowest BCUT2D eigenvalue weighted by Crippen LogP contribution is -2.02. The maximum Gasteiger partial charge on any atom is 0.164 e. The maximum atomic E-state index is 4.80. The summed E-state index contributed by atoms with van der Waals surface area (Å²) in [5, 5.41) is 3.51. The normalized spacial score (nSPS) is 10.9. The van der Waals surface area contributed by atoms with E-state index in [1.807, 2.05) is 48.5 Å². The number of hydrogen-bond donors (Lipinski definition) is 1. The molecule has 0 aliphatic rings. The lowest BCUT2D eigenvalue weighted by atomic mass is 10.1. The molecule has 0 bridgehead atoms. The van der Waals surface area contributed by atoms with Gasteiger partial charge in [-0.2, -0.15) is 0 Å². The Bertz CT molecular complexity index is 1110. The molecular weight excluding hydrogens is 540 g/mol. The van der Waals surface area contributed by atoms with Crippen molar-refractivity contribution in [1.29, 1.82) is 0 Å². The van der Waals surface area contributed by atoms with E-state index in [1.165, 1.54) is 25.7 Å². The van der Waals surface area contributed by atoms with Crippen LogP contribution in [0, 0.1) is 0 Å². The van der Waals surface area contributed by atoms with E-state index in [2.05, 4.69) is 68.4 Å². The molecule has 0 saturated heterocycles. The van der Waals surface area contributed by atoms with Crippen LogP contribution < -0.4 is 5.32 Å². The summed E-state index contributed by atoms with van der Waals surface area (Å²) < 4.78 is 2.04. The Hall–Kier alpha value is -2.57. The lowest BCUT2D eigenvalue weighted by Gasteiger charge is -2.10. The second-order valence-corrected chi connectivity index (χ2v) is 9.72. The third kappa shape index (κ3) is 6.49. The summed E-state index contributed by atoms with van der Waals surface area (Å²) in [7, 11) is 0. The Morgan fingerprint density at radius 1 is 0.576 bits per heavy atom. The molecule has 4 nitrogen and oxygen atoms in total. The Balaban J connectivity index is 1.64. The van der Waals surface area contributed by atoms with Gasteiger partial charge in [-0.25, -0.2) is 15.0 Å². The summed E-state index contributed by atoms with van der Waals surface area (Å²) in [6.07, 6.45) is 5.01. The molecule has 1 N–H and O–H groups in total. The summed E-state index contributed by atoms with van der Waals surface area (Å²) in [6, 6.07) is 24.4. The minimum atomic E-state index is 0.656. The van der Waals surface area contributed by atoms with Crippen molar-refractivity contribution in [3.05, 3.63) is 81.7 Å². The molecule has 3 aromatic carbocycles. The zero-order valence-electron chi connectivity index (χ0n) is 18.6. The topological polar surface area (TPSA) is 50.7 Å². The molecule has 0 spiro atoms. The van der Waals surface area contributed by atoms with Crippen molar-refractivity contribution in [2.75, 3.05) is 11.9 Å². The zero-order valence-corrected chi connectivity index (χ0v) is 21.7. The van der Waals surface area contributed by atoms with Gasteiger partial charge in [-0.3, -0.25) is 0 Å². The molecule has 0 atom stereocenters. The van der Waals surface area contributed by atoms with E-state index >= 15 is 0 Å². The number of nitrogens with zero attached hydrogens (tertiary/aromatic N) is 3. The van der Waals surface area contributed by atoms with Gasteiger partial charge >= 0.3 is 0 Å². The van der Waals surface area contributed by atoms with E-state index in [0.29, 0.717) is 17.5 Å². The van der Waals surface area contributed by atoms with Crippen LogP contribution in [0.3, 0.4) is 0 Å². The first-order valence-corrected chi connectivity index (χ1v) is 12.8. The third-order valence-electron chi connectivity index (χ3n) is 5.34. The second kappa shape index (κ2) is 11.5. The molecule has 4 rings (SSSR count). The van der Waals surface area contributed by atoms with Crippen molar-refractivity contribution >= 4 is 37.5 Å². The van der Waals surface area contributed by atoms with Crippen LogP contribution in [0.15, 0.2) is 81.7 Å². The molecule has 33 heavy (non-hydrogen) atoms. The van der Waals surface area contributed by atoms with E-state index in [9.17, 15) is 0 Å². The monoisotopic (exact) mass is 564 g/mol. The average molecular weight is 566 g/mol. The Labute approximate surface area is 212 Å². The number of halogens is 2. The Morgan fingerprint density at radius 2 is 1.00 bits per heavy atom. The first-order chi connectivity index (χ1) is 16.1. The summed E-state index contributed by atoms with van der Waals surface area (Å²) >= 11 is 7.00. The van der Waals surface area contributed by atoms with Gasteiger partial charge in [0.05, 0.1) is 0 Å². The molecule has 4 aromatic rings. The van der Waals surface area contributed by atoms with Crippen molar-refractivity contribution < 1.29 is 0 Å². The molecule has 0 radical (unpaired) electrons. The maximum absolute atomic E-state index is 4.80. The van der Waals surface area contributed by atoms with Crippen LogP contribution in [-0.2, 0) is 0 Å². The van der Waals surface area contributed by atoms with Gasteiger partial charge in [0, 0.05) is 37.9 Å². The van der Waals surface area contributed by atoms with E-state index in [4.69, 9.17) is 15.0 Å². The van der Waals surface area contributed by atoms with E-state index in [1.54, 1.807) is 0 Å². The molecule has 0 aliphatic heterocycles. The van der Waals surface area contributed by atoms with Gasteiger partial charge in [0.1, 0.15) is 0 Å². The van der Waals surface area contributed by atoms with Crippen molar-refractivity contribution in [3.8, 4) is 34.2 Å². The molecule has 0 saturated carbocycles. The van der Waals surface area contributed by atoms with Crippen molar-refractivity contribution in [1.82, 2.24) is 15.0 Å². The fourth-order valence-corrected chi connectivity index (χ4v) is 4.01. The SMILES string of the molecule is CCCCCCNc1ccc(-c2nc(-c3ccc(Br)cc3)nc(-c3ccc(Br)cc3)n2)cc1. The number of hydrogen-bond acceptors (Lipinski definition) is 4. The number of aromatic nitrogens is 3. The summed E-state index contributed by atoms with van der Waals surface area (Å²) in [6.45, 7) is 3.23. The minimum absolute atomic E-state index is 0.656. The quantitative estimate of drug-likeness (QED) is 0.207. The van der Waals surface area contributed by atoms with E-state index in [-0.39, 0.29) is 0 Å². The highest BCUT2D eigenvalue weighted by molar-refractivity contribution is 9.10. The lowest BCUT2D eigenvalue weighted by molar-refractivity contribution is 0.685. The minimum Gasteiger partial charge on any atom is -0.385 e. The van der Waals surface area contributed by atoms with Gasteiger partial charge in [-0.1, -0.05) is 82.3 Å². The highest BCUT2D eigenvalue weighted by Crippen LogP contribution is 2.27. The molecule has 0 fully saturated rings. The molecule has 168 valence electrons. The number of benzene rings is 3. The van der Waals surface area contributed by atoms with Gasteiger partial charge in [-0.05, 0) is 55.0 Å². The van der Waals surface area contributed by atoms with Crippen molar-refractivity contribution in [2.24, 2.45) is 0 Å². The standard InChI is InChI=1S/C27H26Br2N4/c1-2-3-4-5-18-30-24-16-10-21(11-17-24)27-32-25(19-6-12-22(28)13-7-19)31-26(33-27)20-8-14-23(29)15-9-20/h6-17,30H,2-5,18H2,1H3. The van der Waals surface area contributed by atoms with Crippen LogP contribution >= 0.6 is 31.9 Å². The zero-order chi connectivity index (χ0) is 23.0. The van der Waals surface area contributed by atoms with Crippen LogP contribution in [0.2, 0.25) is 0 Å². The number of unbranched alkanes of at least 4 members (excludes halogenated alkanes) is 3. The highest BCUT2D eigenvalue weighted by atomic mass is 79.9. The van der Waals surface area contributed by atoms with E-state index < -0.39 is 0 Å². The van der Waals surface area contributed by atoms with Crippen LogP contribution in [0.25, 0.3) is 34.2 Å². The van der Waals surface area contributed by atoms with Crippen LogP contribution in [0.4, 0.5) is 5.69 Å². The molecule has 6 heteroatoms. The fraction of sp³-hybridized carbons (Fsp3) is 0.222. The van der Waals surface area contributed by atoms with Gasteiger partial charge in [-0.15, -0.1) is 0 Å². The molecule has 0 amide bonds. The summed E-state index contributed by atoms with van der Waals surface area (Å²) in [5.74, 6) is 1.97. The van der Waals surface area contributed by atoms with Crippen LogP contribution in [0.5, 0.6) is 0 Å². The van der Waals surface area contributed by atoms with Gasteiger partial charge < -0.3 is 5.32 Å². The molecule has 0 unspecified atom stereocenters. The third-order valence-corrected chi connectivity index (χ3v) is 6.40. The molecular formula is C27H26Br2N4. The summed E-state index contributed by atoms with van der Waals surface area (Å²) in [4.78, 5) is 14.4. The Kier molecular flexibility index (Phi) is 8.24. The highest BCUT2D eigenvalue weighted by Gasteiger charge is 2.12. The second-order valence-electron chi connectivity index (χ2n) is 7.88. The molecule has 1 aromatic heterocycles. The van der Waals surface area contributed by atoms with Crippen LogP contribution in [0.1, 0.15) is 32.6 Å². The van der Waals surface area contributed by atoms with Crippen molar-refractivity contribution in [3.63, 3.8) is 0 Å². The largest absolute Gasteiger partial charge is 0.385 e. The first kappa shape index (κ1) is 23.6. The van der Waals surface area contributed by atoms with Crippen LogP contribution in [-0.4, -0.2) is 21.5 Å². The fourth-order valence-electron chi connectivity index (χ4n) is 3.48. The number of rotatable bonds is 9. The van der Waals surface area contributed by atoms with Gasteiger partial charge in [0.25, 0.3) is 0 Å². The molecule has 1 heterocycles. The number of nitrogens with one attached hydrogen (secondary N) is 1. The molecule has 0 aliphatic carbocycles. The van der Waals surface area contributed by atoms with Gasteiger partial charge in [0.2, 0.25) is 0 Å².